The third kappa shape index (κ3) is 4.10. The van der Waals surface area contributed by atoms with Gasteiger partial charge in [-0.05, 0) is 48.2 Å². The zero-order valence-corrected chi connectivity index (χ0v) is 13.5. The summed E-state index contributed by atoms with van der Waals surface area (Å²) in [6.07, 6.45) is 1.08. The fourth-order valence-corrected chi connectivity index (χ4v) is 2.60. The highest BCUT2D eigenvalue weighted by Crippen LogP contribution is 2.11. The van der Waals surface area contributed by atoms with Crippen LogP contribution < -0.4 is 21.5 Å². The van der Waals surface area contributed by atoms with Gasteiger partial charge in [0.1, 0.15) is 11.9 Å². The lowest BCUT2D eigenvalue weighted by Crippen LogP contribution is -2.68. The Morgan fingerprint density at radius 3 is 2.29 bits per heavy atom. The van der Waals surface area contributed by atoms with E-state index in [2.05, 4.69) is 40.5 Å². The van der Waals surface area contributed by atoms with Crippen LogP contribution in [0.5, 0.6) is 0 Å². The summed E-state index contributed by atoms with van der Waals surface area (Å²) in [7, 11) is 0. The molecule has 0 spiro atoms. The Morgan fingerprint density at radius 2 is 1.67 bits per heavy atom. The van der Waals surface area contributed by atoms with Crippen LogP contribution in [0.2, 0.25) is 0 Å². The van der Waals surface area contributed by atoms with Gasteiger partial charge in [0.05, 0.1) is 0 Å². The fraction of sp³-hybridized carbons (Fsp3) is 0.278. The van der Waals surface area contributed by atoms with Crippen LogP contribution in [0.3, 0.4) is 0 Å². The molecule has 2 atom stereocenters. The van der Waals surface area contributed by atoms with Gasteiger partial charge in [0, 0.05) is 5.69 Å². The van der Waals surface area contributed by atoms with E-state index in [9.17, 15) is 9.18 Å². The first-order valence-electron chi connectivity index (χ1n) is 8.05. The van der Waals surface area contributed by atoms with Crippen LogP contribution >= 0.6 is 0 Å². The maximum Gasteiger partial charge on any atom is 0.241 e. The number of aryl methyl sites for hydroxylation is 1. The summed E-state index contributed by atoms with van der Waals surface area (Å²) >= 11 is 0. The molecule has 2 aromatic carbocycles. The molecule has 4 N–H and O–H groups in total. The molecule has 6 heteroatoms. The minimum absolute atomic E-state index is 0.110. The summed E-state index contributed by atoms with van der Waals surface area (Å²) in [5.41, 5.74) is 9.13. The largest absolute Gasteiger partial charge is 0.352 e. The van der Waals surface area contributed by atoms with Gasteiger partial charge in [0.15, 0.2) is 6.29 Å². The SMILES string of the molecule is CCc1ccc(NC2NNC(Cc3ccc(F)cc3)C(=O)N2)cc1. The average Bonchev–Trinajstić information content (AvgIpc) is 2.60. The summed E-state index contributed by atoms with van der Waals surface area (Å²) in [4.78, 5) is 12.2. The number of hydrazine groups is 1. The van der Waals surface area contributed by atoms with E-state index in [1.807, 2.05) is 12.1 Å². The summed E-state index contributed by atoms with van der Waals surface area (Å²) in [6.45, 7) is 2.11. The summed E-state index contributed by atoms with van der Waals surface area (Å²) in [5.74, 6) is -0.392. The van der Waals surface area contributed by atoms with E-state index in [0.717, 1.165) is 17.7 Å². The van der Waals surface area contributed by atoms with Crippen molar-refractivity contribution in [1.29, 1.82) is 0 Å². The standard InChI is InChI=1S/C18H21FN4O/c1-2-12-5-9-15(10-6-12)20-18-21-17(24)16(22-23-18)11-13-3-7-14(19)8-4-13/h3-10,16,18,20,22-23H,2,11H2,1H3,(H,21,24). The molecule has 0 radical (unpaired) electrons. The van der Waals surface area contributed by atoms with Crippen molar-refractivity contribution in [2.75, 3.05) is 5.32 Å². The highest BCUT2D eigenvalue weighted by molar-refractivity contribution is 5.83. The van der Waals surface area contributed by atoms with Crippen LogP contribution in [0.25, 0.3) is 0 Å². The van der Waals surface area contributed by atoms with E-state index in [-0.39, 0.29) is 11.7 Å². The second kappa shape index (κ2) is 7.42. The van der Waals surface area contributed by atoms with Gasteiger partial charge in [-0.15, -0.1) is 0 Å². The molecule has 1 heterocycles. The Hall–Kier alpha value is -2.44. The quantitative estimate of drug-likeness (QED) is 0.677. The number of anilines is 1. The summed E-state index contributed by atoms with van der Waals surface area (Å²) in [6, 6.07) is 13.8. The van der Waals surface area contributed by atoms with Crippen molar-refractivity contribution in [1.82, 2.24) is 16.2 Å². The van der Waals surface area contributed by atoms with Crippen molar-refractivity contribution in [2.45, 2.75) is 32.1 Å². The molecule has 1 aliphatic rings. The third-order valence-corrected chi connectivity index (χ3v) is 4.03. The number of amides is 1. The molecule has 5 nitrogen and oxygen atoms in total. The monoisotopic (exact) mass is 328 g/mol. The van der Waals surface area contributed by atoms with Gasteiger partial charge >= 0.3 is 0 Å². The van der Waals surface area contributed by atoms with Crippen molar-refractivity contribution < 1.29 is 9.18 Å². The second-order valence-electron chi connectivity index (χ2n) is 5.81. The maximum atomic E-state index is 12.9. The maximum absolute atomic E-state index is 12.9. The minimum Gasteiger partial charge on any atom is -0.352 e. The van der Waals surface area contributed by atoms with Gasteiger partial charge < -0.3 is 10.6 Å². The Balaban J connectivity index is 1.54. The molecule has 3 rings (SSSR count). The molecule has 126 valence electrons. The third-order valence-electron chi connectivity index (χ3n) is 4.03. The second-order valence-corrected chi connectivity index (χ2v) is 5.81. The van der Waals surface area contributed by atoms with Gasteiger partial charge in [-0.25, -0.2) is 15.2 Å². The highest BCUT2D eigenvalue weighted by Gasteiger charge is 2.27. The summed E-state index contributed by atoms with van der Waals surface area (Å²) < 4.78 is 12.9. The molecule has 24 heavy (non-hydrogen) atoms. The average molecular weight is 328 g/mol. The molecule has 1 saturated heterocycles. The lowest BCUT2D eigenvalue weighted by molar-refractivity contribution is -0.126. The lowest BCUT2D eigenvalue weighted by atomic mass is 10.1. The molecule has 1 fully saturated rings. The van der Waals surface area contributed by atoms with E-state index >= 15 is 0 Å². The van der Waals surface area contributed by atoms with Crippen LogP contribution in [-0.4, -0.2) is 18.2 Å². The minimum atomic E-state index is -0.407. The number of nitrogens with one attached hydrogen (secondary N) is 4. The van der Waals surface area contributed by atoms with Crippen molar-refractivity contribution in [2.24, 2.45) is 0 Å². The zero-order valence-electron chi connectivity index (χ0n) is 13.5. The first-order chi connectivity index (χ1) is 11.6. The van der Waals surface area contributed by atoms with E-state index < -0.39 is 12.3 Å². The van der Waals surface area contributed by atoms with Crippen molar-refractivity contribution in [3.8, 4) is 0 Å². The molecule has 2 aromatic rings. The topological polar surface area (TPSA) is 65.2 Å². The van der Waals surface area contributed by atoms with Crippen LogP contribution in [0.4, 0.5) is 10.1 Å². The number of hydrogen-bond acceptors (Lipinski definition) is 4. The predicted molar refractivity (Wildman–Crippen MR) is 91.5 cm³/mol. The number of halogens is 1. The van der Waals surface area contributed by atoms with E-state index in [0.29, 0.717) is 6.42 Å². The van der Waals surface area contributed by atoms with Crippen molar-refractivity contribution in [3.05, 3.63) is 65.5 Å². The van der Waals surface area contributed by atoms with Gasteiger partial charge in [-0.3, -0.25) is 4.79 Å². The van der Waals surface area contributed by atoms with Gasteiger partial charge in [-0.1, -0.05) is 31.2 Å². The number of rotatable bonds is 5. The van der Waals surface area contributed by atoms with Gasteiger partial charge in [0.2, 0.25) is 5.91 Å². The first kappa shape index (κ1) is 16.4. The lowest BCUT2D eigenvalue weighted by Gasteiger charge is -2.32. The number of hydrogen-bond donors (Lipinski definition) is 4. The normalized spacial score (nSPS) is 20.5. The van der Waals surface area contributed by atoms with Gasteiger partial charge in [-0.2, -0.15) is 0 Å². The molecule has 2 unspecified atom stereocenters. The Morgan fingerprint density at radius 1 is 1.00 bits per heavy atom. The van der Waals surface area contributed by atoms with Crippen LogP contribution in [0.1, 0.15) is 18.1 Å². The number of carbonyl (C=O) groups excluding carboxylic acids is 1. The molecule has 1 amide bonds. The van der Waals surface area contributed by atoms with E-state index in [1.165, 1.54) is 17.7 Å². The first-order valence-corrected chi connectivity index (χ1v) is 8.05. The molecule has 1 aliphatic heterocycles. The fourth-order valence-electron chi connectivity index (χ4n) is 2.60. The van der Waals surface area contributed by atoms with E-state index in [1.54, 1.807) is 12.1 Å². The molecule has 0 aliphatic carbocycles. The van der Waals surface area contributed by atoms with Crippen LogP contribution in [-0.2, 0) is 17.6 Å². The van der Waals surface area contributed by atoms with E-state index in [4.69, 9.17) is 0 Å². The van der Waals surface area contributed by atoms with Gasteiger partial charge in [0.25, 0.3) is 0 Å². The smallest absolute Gasteiger partial charge is 0.241 e. The number of carbonyl (C=O) groups is 1. The molecule has 0 bridgehead atoms. The number of benzene rings is 2. The van der Waals surface area contributed by atoms with Crippen molar-refractivity contribution >= 4 is 11.6 Å². The molecule has 0 saturated carbocycles. The molecular weight excluding hydrogens is 307 g/mol. The summed E-state index contributed by atoms with van der Waals surface area (Å²) in [5, 5.41) is 6.08. The van der Waals surface area contributed by atoms with Crippen LogP contribution in [0, 0.1) is 5.82 Å². The molecular formula is C18H21FN4O. The Labute approximate surface area is 140 Å². The Kier molecular flexibility index (Phi) is 5.08. The molecule has 0 aromatic heterocycles. The van der Waals surface area contributed by atoms with Crippen molar-refractivity contribution in [3.63, 3.8) is 0 Å². The highest BCUT2D eigenvalue weighted by atomic mass is 19.1. The predicted octanol–water partition coefficient (Wildman–Crippen LogP) is 1.92. The zero-order chi connectivity index (χ0) is 16.9. The van der Waals surface area contributed by atoms with Crippen LogP contribution in [0.15, 0.2) is 48.5 Å². The Bertz CT molecular complexity index is 687.